The van der Waals surface area contributed by atoms with Gasteiger partial charge in [-0.2, -0.15) is 0 Å². The minimum atomic E-state index is -0.881. The number of esters is 1. The van der Waals surface area contributed by atoms with E-state index in [1.807, 2.05) is 0 Å². The number of aliphatic hydroxyl groups is 1. The highest BCUT2D eigenvalue weighted by atomic mass is 19.2. The van der Waals surface area contributed by atoms with Crippen LogP contribution in [0.4, 0.5) is 8.78 Å². The third-order valence-corrected chi connectivity index (χ3v) is 3.53. The van der Waals surface area contributed by atoms with E-state index >= 15 is 0 Å². The van der Waals surface area contributed by atoms with Gasteiger partial charge >= 0.3 is 5.97 Å². The Morgan fingerprint density at radius 1 is 1.45 bits per heavy atom. The van der Waals surface area contributed by atoms with Gasteiger partial charge in [-0.15, -0.1) is 0 Å². The number of methoxy groups -OCH3 is 1. The summed E-state index contributed by atoms with van der Waals surface area (Å²) in [5.41, 5.74) is 0.647. The molecule has 110 valence electrons. The molecule has 0 aromatic heterocycles. The van der Waals surface area contributed by atoms with Gasteiger partial charge in [0.1, 0.15) is 6.04 Å². The Labute approximate surface area is 116 Å². The number of β-amino-alcohol motifs (C(OH)–C–C–N with tert-alkyl or cyclic N) is 1. The Balaban J connectivity index is 1.98. The summed E-state index contributed by atoms with van der Waals surface area (Å²) in [4.78, 5) is 13.4. The molecule has 0 amide bonds. The third-order valence-electron chi connectivity index (χ3n) is 3.53. The van der Waals surface area contributed by atoms with Crippen LogP contribution in [0.1, 0.15) is 12.0 Å². The fourth-order valence-corrected chi connectivity index (χ4v) is 2.48. The van der Waals surface area contributed by atoms with Crippen LogP contribution in [-0.4, -0.2) is 48.3 Å². The van der Waals surface area contributed by atoms with Gasteiger partial charge in [0.2, 0.25) is 0 Å². The number of ether oxygens (including phenoxy) is 1. The highest BCUT2D eigenvalue weighted by molar-refractivity contribution is 5.76. The van der Waals surface area contributed by atoms with Gasteiger partial charge in [-0.05, 0) is 24.1 Å². The molecule has 1 aromatic carbocycles. The average molecular weight is 285 g/mol. The first-order valence-corrected chi connectivity index (χ1v) is 6.45. The molecule has 0 aliphatic carbocycles. The molecule has 1 fully saturated rings. The Kier molecular flexibility index (Phi) is 4.67. The predicted molar refractivity (Wildman–Crippen MR) is 68.1 cm³/mol. The zero-order chi connectivity index (χ0) is 14.7. The first kappa shape index (κ1) is 14.9. The third kappa shape index (κ3) is 3.32. The van der Waals surface area contributed by atoms with Crippen LogP contribution in [0.2, 0.25) is 0 Å². The number of aliphatic hydroxyl groups excluding tert-OH is 1. The largest absolute Gasteiger partial charge is 0.468 e. The van der Waals surface area contributed by atoms with Crippen LogP contribution in [0.15, 0.2) is 18.2 Å². The van der Waals surface area contributed by atoms with Crippen LogP contribution in [-0.2, 0) is 16.0 Å². The van der Waals surface area contributed by atoms with Gasteiger partial charge in [0.15, 0.2) is 11.6 Å². The molecule has 1 aliphatic rings. The number of hydrogen-bond acceptors (Lipinski definition) is 4. The van der Waals surface area contributed by atoms with Crippen molar-refractivity contribution in [2.24, 2.45) is 0 Å². The SMILES string of the molecule is COC(=O)[C@@H]1C[C@H](O)CN1CCc1ccc(F)c(F)c1. The second kappa shape index (κ2) is 6.28. The van der Waals surface area contributed by atoms with E-state index in [1.165, 1.54) is 13.2 Å². The smallest absolute Gasteiger partial charge is 0.323 e. The van der Waals surface area contributed by atoms with E-state index in [0.717, 1.165) is 12.1 Å². The molecule has 1 aromatic rings. The minimum absolute atomic E-state index is 0.338. The molecule has 1 saturated heterocycles. The fourth-order valence-electron chi connectivity index (χ4n) is 2.48. The lowest BCUT2D eigenvalue weighted by atomic mass is 10.1. The number of halogens is 2. The molecule has 1 heterocycles. The van der Waals surface area contributed by atoms with Crippen molar-refractivity contribution >= 4 is 5.97 Å². The number of likely N-dealkylation sites (tertiary alicyclic amines) is 1. The molecule has 0 spiro atoms. The molecule has 4 nitrogen and oxygen atoms in total. The van der Waals surface area contributed by atoms with Crippen molar-refractivity contribution < 1.29 is 23.4 Å². The van der Waals surface area contributed by atoms with E-state index in [4.69, 9.17) is 4.74 Å². The average Bonchev–Trinajstić information content (AvgIpc) is 2.80. The van der Waals surface area contributed by atoms with Gasteiger partial charge < -0.3 is 9.84 Å². The minimum Gasteiger partial charge on any atom is -0.468 e. The molecule has 0 radical (unpaired) electrons. The van der Waals surface area contributed by atoms with Gasteiger partial charge in [0.05, 0.1) is 13.2 Å². The molecule has 1 N–H and O–H groups in total. The van der Waals surface area contributed by atoms with Crippen molar-refractivity contribution in [3.8, 4) is 0 Å². The van der Waals surface area contributed by atoms with Crippen LogP contribution in [0.25, 0.3) is 0 Å². The van der Waals surface area contributed by atoms with Crippen molar-refractivity contribution in [1.29, 1.82) is 0 Å². The van der Waals surface area contributed by atoms with Crippen molar-refractivity contribution in [2.45, 2.75) is 25.0 Å². The second-order valence-corrected chi connectivity index (χ2v) is 4.92. The first-order valence-electron chi connectivity index (χ1n) is 6.45. The second-order valence-electron chi connectivity index (χ2n) is 4.92. The summed E-state index contributed by atoms with van der Waals surface area (Å²) >= 11 is 0. The maximum absolute atomic E-state index is 13.1. The van der Waals surface area contributed by atoms with Crippen molar-refractivity contribution in [2.75, 3.05) is 20.2 Å². The van der Waals surface area contributed by atoms with Crippen LogP contribution >= 0.6 is 0 Å². The Hall–Kier alpha value is -1.53. The topological polar surface area (TPSA) is 49.8 Å². The molecule has 2 atom stereocenters. The quantitative estimate of drug-likeness (QED) is 0.842. The van der Waals surface area contributed by atoms with Crippen LogP contribution < -0.4 is 0 Å². The molecular formula is C14H17F2NO3. The Morgan fingerprint density at radius 3 is 2.85 bits per heavy atom. The molecule has 1 aliphatic heterocycles. The number of nitrogens with zero attached hydrogens (tertiary/aromatic N) is 1. The van der Waals surface area contributed by atoms with E-state index in [9.17, 15) is 18.7 Å². The van der Waals surface area contributed by atoms with E-state index in [-0.39, 0.29) is 5.97 Å². The summed E-state index contributed by atoms with van der Waals surface area (Å²) < 4.78 is 30.6. The van der Waals surface area contributed by atoms with Crippen molar-refractivity contribution in [3.05, 3.63) is 35.4 Å². The van der Waals surface area contributed by atoms with Crippen LogP contribution in [0.3, 0.4) is 0 Å². The highest BCUT2D eigenvalue weighted by Crippen LogP contribution is 2.20. The monoisotopic (exact) mass is 285 g/mol. The summed E-state index contributed by atoms with van der Waals surface area (Å²) in [6, 6.07) is 3.27. The molecule has 6 heteroatoms. The predicted octanol–water partition coefficient (Wildman–Crippen LogP) is 1.12. The summed E-state index contributed by atoms with van der Waals surface area (Å²) in [5, 5.41) is 9.63. The number of rotatable bonds is 4. The fraction of sp³-hybridized carbons (Fsp3) is 0.500. The van der Waals surface area contributed by atoms with Gasteiger partial charge in [-0.25, -0.2) is 8.78 Å². The first-order chi connectivity index (χ1) is 9.51. The number of benzene rings is 1. The molecule has 0 saturated carbocycles. The van der Waals surface area contributed by atoms with Gasteiger partial charge in [-0.3, -0.25) is 9.69 Å². The molecule has 20 heavy (non-hydrogen) atoms. The molecule has 2 rings (SSSR count). The van der Waals surface area contributed by atoms with Gasteiger partial charge in [0, 0.05) is 19.5 Å². The van der Waals surface area contributed by atoms with Crippen molar-refractivity contribution in [1.82, 2.24) is 4.90 Å². The number of carbonyl (C=O) groups is 1. The number of hydrogen-bond donors (Lipinski definition) is 1. The zero-order valence-corrected chi connectivity index (χ0v) is 11.2. The Bertz CT molecular complexity index is 495. The molecular weight excluding hydrogens is 268 g/mol. The standard InChI is InChI=1S/C14H17F2NO3/c1-20-14(19)13-7-10(18)8-17(13)5-4-9-2-3-11(15)12(16)6-9/h2-3,6,10,13,18H,4-5,7-8H2,1H3/t10-,13-/m0/s1. The Morgan fingerprint density at radius 2 is 2.20 bits per heavy atom. The molecule has 0 bridgehead atoms. The summed E-state index contributed by atoms with van der Waals surface area (Å²) in [6.07, 6.45) is 0.242. The maximum atomic E-state index is 13.1. The maximum Gasteiger partial charge on any atom is 0.323 e. The summed E-state index contributed by atoms with van der Waals surface area (Å²) in [7, 11) is 1.31. The lowest BCUT2D eigenvalue weighted by Gasteiger charge is -2.21. The number of carbonyl (C=O) groups excluding carboxylic acids is 1. The lowest BCUT2D eigenvalue weighted by Crippen LogP contribution is -2.38. The van der Waals surface area contributed by atoms with E-state index < -0.39 is 23.8 Å². The van der Waals surface area contributed by atoms with Crippen LogP contribution in [0, 0.1) is 11.6 Å². The van der Waals surface area contributed by atoms with E-state index in [0.29, 0.717) is 31.5 Å². The van der Waals surface area contributed by atoms with E-state index in [2.05, 4.69) is 0 Å². The lowest BCUT2D eigenvalue weighted by molar-refractivity contribution is -0.145. The highest BCUT2D eigenvalue weighted by Gasteiger charge is 2.36. The summed E-state index contributed by atoms with van der Waals surface area (Å²) in [6.45, 7) is 0.853. The van der Waals surface area contributed by atoms with Gasteiger partial charge in [-0.1, -0.05) is 6.07 Å². The zero-order valence-electron chi connectivity index (χ0n) is 11.2. The molecule has 0 unspecified atom stereocenters. The van der Waals surface area contributed by atoms with Gasteiger partial charge in [0.25, 0.3) is 0 Å². The van der Waals surface area contributed by atoms with E-state index in [1.54, 1.807) is 4.90 Å². The van der Waals surface area contributed by atoms with Crippen LogP contribution in [0.5, 0.6) is 0 Å². The van der Waals surface area contributed by atoms with Crippen molar-refractivity contribution in [3.63, 3.8) is 0 Å². The normalized spacial score (nSPS) is 23.0. The summed E-state index contributed by atoms with van der Waals surface area (Å²) in [5.74, 6) is -2.14.